The number of primary sulfonamides is 1. The average Bonchev–Trinajstić information content (AvgIpc) is 2.54. The summed E-state index contributed by atoms with van der Waals surface area (Å²) in [4.78, 5) is 14.1. The third kappa shape index (κ3) is 5.22. The second kappa shape index (κ2) is 8.18. The van der Waals surface area contributed by atoms with Crippen LogP contribution in [0.3, 0.4) is 0 Å². The second-order valence-electron chi connectivity index (χ2n) is 6.75. The number of nitrogens with two attached hydrogens (primary N) is 1. The summed E-state index contributed by atoms with van der Waals surface area (Å²) in [6.07, 6.45) is 1.04. The van der Waals surface area contributed by atoms with Gasteiger partial charge in [-0.2, -0.15) is 0 Å². The van der Waals surface area contributed by atoms with Crippen LogP contribution in [0.1, 0.15) is 20.8 Å². The first kappa shape index (κ1) is 21.7. The summed E-state index contributed by atoms with van der Waals surface area (Å²) in [5, 5.41) is 6.35. The van der Waals surface area contributed by atoms with E-state index < -0.39 is 21.7 Å². The van der Waals surface area contributed by atoms with E-state index in [2.05, 4.69) is 15.9 Å². The van der Waals surface area contributed by atoms with E-state index in [1.54, 1.807) is 51.1 Å². The Labute approximate surface area is 172 Å². The lowest BCUT2D eigenvalue weighted by atomic mass is 10.1. The number of sulfonamides is 1. The van der Waals surface area contributed by atoms with Crippen LogP contribution in [-0.2, 0) is 14.8 Å². The highest BCUT2D eigenvalue weighted by atomic mass is 79.9. The van der Waals surface area contributed by atoms with Gasteiger partial charge in [-0.1, -0.05) is 35.9 Å². The Morgan fingerprint density at radius 3 is 2.48 bits per heavy atom. The highest BCUT2D eigenvalue weighted by Crippen LogP contribution is 2.36. The van der Waals surface area contributed by atoms with Crippen LogP contribution < -0.4 is 10.0 Å². The van der Waals surface area contributed by atoms with Crippen molar-refractivity contribution >= 4 is 60.1 Å². The molecule has 2 aromatic carbocycles. The fourth-order valence-electron chi connectivity index (χ4n) is 2.47. The van der Waals surface area contributed by atoms with E-state index in [0.29, 0.717) is 20.9 Å². The lowest BCUT2D eigenvalue weighted by molar-refractivity contribution is 0.0584. The molecule has 1 amide bonds. The molecule has 2 aromatic rings. The molecule has 0 aliphatic rings. The van der Waals surface area contributed by atoms with E-state index in [-0.39, 0.29) is 11.4 Å². The number of hydrogen-bond donors (Lipinski definition) is 1. The Balaban J connectivity index is 2.63. The molecule has 0 fully saturated rings. The zero-order valence-corrected chi connectivity index (χ0v) is 18.2. The van der Waals surface area contributed by atoms with E-state index in [1.807, 2.05) is 0 Å². The molecule has 2 N–H and O–H groups in total. The van der Waals surface area contributed by atoms with Crippen molar-refractivity contribution in [3.63, 3.8) is 0 Å². The number of carbonyl (C=O) groups is 1. The SMILES string of the molecule is CC(C)(C)OC(=O)N(C/C=C/Cl)c1ccc2c(S(N)(=O)=O)cccc2c1Br. The summed E-state index contributed by atoms with van der Waals surface area (Å²) in [7, 11) is -3.89. The number of rotatable bonds is 4. The molecule has 27 heavy (non-hydrogen) atoms. The smallest absolute Gasteiger partial charge is 0.415 e. The van der Waals surface area contributed by atoms with Gasteiger partial charge in [0.25, 0.3) is 0 Å². The number of amides is 1. The Morgan fingerprint density at radius 2 is 1.93 bits per heavy atom. The zero-order valence-electron chi connectivity index (χ0n) is 15.1. The fourth-order valence-corrected chi connectivity index (χ4v) is 4.00. The van der Waals surface area contributed by atoms with Gasteiger partial charge in [-0.05, 0) is 54.2 Å². The van der Waals surface area contributed by atoms with Crippen molar-refractivity contribution in [1.82, 2.24) is 0 Å². The molecule has 146 valence electrons. The molecule has 9 heteroatoms. The third-order valence-corrected chi connectivity index (χ3v) is 5.50. The molecule has 0 spiro atoms. The maximum Gasteiger partial charge on any atom is 0.415 e. The number of carbonyl (C=O) groups excluding carboxylic acids is 1. The molecule has 0 heterocycles. The summed E-state index contributed by atoms with van der Waals surface area (Å²) in [6.45, 7) is 5.49. The number of nitrogens with zero attached hydrogens (tertiary/aromatic N) is 1. The summed E-state index contributed by atoms with van der Waals surface area (Å²) in [5.74, 6) is 0. The number of benzene rings is 2. The number of anilines is 1. The third-order valence-electron chi connectivity index (χ3n) is 3.52. The van der Waals surface area contributed by atoms with E-state index in [1.165, 1.54) is 16.5 Å². The minimum atomic E-state index is -3.89. The first-order valence-corrected chi connectivity index (χ1v) is 10.7. The maximum atomic E-state index is 12.7. The van der Waals surface area contributed by atoms with Gasteiger partial charge in [0.1, 0.15) is 5.60 Å². The zero-order chi connectivity index (χ0) is 20.4. The van der Waals surface area contributed by atoms with Crippen molar-refractivity contribution in [2.45, 2.75) is 31.3 Å². The minimum Gasteiger partial charge on any atom is -0.443 e. The van der Waals surface area contributed by atoms with Crippen LogP contribution in [-0.4, -0.2) is 26.7 Å². The Hall–Kier alpha value is -1.61. The Kier molecular flexibility index (Phi) is 6.57. The van der Waals surface area contributed by atoms with Crippen molar-refractivity contribution < 1.29 is 17.9 Å². The monoisotopic (exact) mass is 474 g/mol. The average molecular weight is 476 g/mol. The number of halogens is 2. The van der Waals surface area contributed by atoms with Crippen LogP contribution in [0, 0.1) is 0 Å². The topological polar surface area (TPSA) is 89.7 Å². The van der Waals surface area contributed by atoms with Gasteiger partial charge in [0, 0.05) is 21.9 Å². The predicted octanol–water partition coefficient (Wildman–Crippen LogP) is 4.74. The standard InChI is InChI=1S/C18H20BrClN2O4S/c1-18(2,3)26-17(23)22(11-5-10-20)14-9-8-12-13(16(14)19)6-4-7-15(12)27(21,24)25/h4-10H,11H2,1-3H3,(H2,21,24,25)/b10-5+. The van der Waals surface area contributed by atoms with Gasteiger partial charge in [0.05, 0.1) is 10.6 Å². The van der Waals surface area contributed by atoms with Gasteiger partial charge in [0.2, 0.25) is 10.0 Å². The fraction of sp³-hybridized carbons (Fsp3) is 0.278. The molecule has 0 saturated heterocycles. The number of ether oxygens (including phenoxy) is 1. The molecule has 2 rings (SSSR count). The second-order valence-corrected chi connectivity index (χ2v) is 9.32. The first-order valence-electron chi connectivity index (χ1n) is 7.95. The highest BCUT2D eigenvalue weighted by Gasteiger charge is 2.25. The molecule has 0 atom stereocenters. The maximum absolute atomic E-state index is 12.7. The van der Waals surface area contributed by atoms with Crippen LogP contribution >= 0.6 is 27.5 Å². The number of fused-ring (bicyclic) bond motifs is 1. The van der Waals surface area contributed by atoms with Crippen molar-refractivity contribution in [2.75, 3.05) is 11.4 Å². The van der Waals surface area contributed by atoms with E-state index in [0.717, 1.165) is 0 Å². The van der Waals surface area contributed by atoms with Gasteiger partial charge >= 0.3 is 6.09 Å². The Bertz CT molecular complexity index is 1000. The van der Waals surface area contributed by atoms with Crippen LogP contribution in [0.15, 0.2) is 51.3 Å². The summed E-state index contributed by atoms with van der Waals surface area (Å²) in [6, 6.07) is 8.01. The molecule has 0 unspecified atom stereocenters. The van der Waals surface area contributed by atoms with Crippen LogP contribution in [0.5, 0.6) is 0 Å². The lowest BCUT2D eigenvalue weighted by Crippen LogP contribution is -2.37. The molecule has 6 nitrogen and oxygen atoms in total. The van der Waals surface area contributed by atoms with Crippen molar-refractivity contribution in [1.29, 1.82) is 0 Å². The molecular weight excluding hydrogens is 456 g/mol. The van der Waals surface area contributed by atoms with Crippen LogP contribution in [0.4, 0.5) is 10.5 Å². The van der Waals surface area contributed by atoms with Gasteiger partial charge in [-0.3, -0.25) is 4.90 Å². The molecule has 0 aliphatic heterocycles. The highest BCUT2D eigenvalue weighted by molar-refractivity contribution is 9.10. The normalized spacial score (nSPS) is 12.5. The Morgan fingerprint density at radius 1 is 1.26 bits per heavy atom. The molecule has 0 aliphatic carbocycles. The van der Waals surface area contributed by atoms with Crippen LogP contribution in [0.25, 0.3) is 10.8 Å². The minimum absolute atomic E-state index is 0.0109. The summed E-state index contributed by atoms with van der Waals surface area (Å²) in [5.41, 5.74) is 1.15. The molecular formula is C18H20BrClN2O4S. The summed E-state index contributed by atoms with van der Waals surface area (Å²) >= 11 is 9.11. The van der Waals surface area contributed by atoms with Gasteiger partial charge in [-0.15, -0.1) is 0 Å². The van der Waals surface area contributed by atoms with Gasteiger partial charge in [-0.25, -0.2) is 18.4 Å². The molecule has 0 aromatic heterocycles. The quantitative estimate of drug-likeness (QED) is 0.691. The largest absolute Gasteiger partial charge is 0.443 e. The van der Waals surface area contributed by atoms with E-state index in [4.69, 9.17) is 21.5 Å². The van der Waals surface area contributed by atoms with Gasteiger partial charge < -0.3 is 4.74 Å². The predicted molar refractivity (Wildman–Crippen MR) is 112 cm³/mol. The lowest BCUT2D eigenvalue weighted by Gasteiger charge is -2.27. The molecule has 0 radical (unpaired) electrons. The van der Waals surface area contributed by atoms with Crippen molar-refractivity contribution in [3.05, 3.63) is 46.4 Å². The molecule has 0 saturated carbocycles. The van der Waals surface area contributed by atoms with Crippen molar-refractivity contribution in [3.8, 4) is 0 Å². The molecule has 0 bridgehead atoms. The van der Waals surface area contributed by atoms with Crippen molar-refractivity contribution in [2.24, 2.45) is 5.14 Å². The van der Waals surface area contributed by atoms with Crippen LogP contribution in [0.2, 0.25) is 0 Å². The number of hydrogen-bond acceptors (Lipinski definition) is 4. The van der Waals surface area contributed by atoms with E-state index >= 15 is 0 Å². The van der Waals surface area contributed by atoms with Gasteiger partial charge in [0.15, 0.2) is 0 Å². The summed E-state index contributed by atoms with van der Waals surface area (Å²) < 4.78 is 29.7. The first-order chi connectivity index (χ1) is 12.5. The van der Waals surface area contributed by atoms with E-state index in [9.17, 15) is 13.2 Å².